The minimum Gasteiger partial charge on any atom is -0.350 e. The molecule has 0 unspecified atom stereocenters. The zero-order valence-corrected chi connectivity index (χ0v) is 15.0. The Labute approximate surface area is 134 Å². The van der Waals surface area contributed by atoms with E-state index in [1.54, 1.807) is 12.1 Å². The highest BCUT2D eigenvalue weighted by molar-refractivity contribution is 8.01. The van der Waals surface area contributed by atoms with Crippen LogP contribution < -0.4 is 5.32 Å². The van der Waals surface area contributed by atoms with E-state index in [1.807, 2.05) is 27.7 Å². The molecule has 21 heavy (non-hydrogen) atoms. The van der Waals surface area contributed by atoms with Crippen LogP contribution in [0.5, 0.6) is 0 Å². The third-order valence-electron chi connectivity index (χ3n) is 2.92. The van der Waals surface area contributed by atoms with E-state index in [1.165, 1.54) is 27.4 Å². The summed E-state index contributed by atoms with van der Waals surface area (Å²) in [6, 6.07) is 2.75. The van der Waals surface area contributed by atoms with E-state index in [2.05, 4.69) is 5.32 Å². The van der Waals surface area contributed by atoms with Gasteiger partial charge in [0.2, 0.25) is 5.91 Å². The zero-order chi connectivity index (χ0) is 15.8. The van der Waals surface area contributed by atoms with Crippen LogP contribution in [0.2, 0.25) is 0 Å². The maximum absolute atomic E-state index is 12.7. The molecule has 1 aliphatic heterocycles. The molecule has 0 aromatic carbocycles. The fourth-order valence-corrected chi connectivity index (χ4v) is 6.55. The molecule has 118 valence electrons. The molecule has 2 rings (SSSR count). The molecular formula is C13H20N2O3S3. The number of thioether (sulfide) groups is 1. The number of carbonyl (C=O) groups is 1. The number of hydrogen-bond acceptors (Lipinski definition) is 5. The largest absolute Gasteiger partial charge is 0.350 e. The standard InChI is InChI=1S/C13H20N2O3S3/c1-9-5-6-11(20-9)21(17,18)15-8-19-7-10(15)12(16)14-13(2,3)4/h5-6,10H,7-8H2,1-4H3,(H,14,16)/t10-/m0/s1. The van der Waals surface area contributed by atoms with E-state index in [9.17, 15) is 13.2 Å². The van der Waals surface area contributed by atoms with Crippen LogP contribution in [0.1, 0.15) is 25.6 Å². The van der Waals surface area contributed by atoms with Crippen molar-refractivity contribution >= 4 is 39.0 Å². The monoisotopic (exact) mass is 348 g/mol. The summed E-state index contributed by atoms with van der Waals surface area (Å²) in [4.78, 5) is 13.3. The van der Waals surface area contributed by atoms with E-state index in [4.69, 9.17) is 0 Å². The molecule has 1 atom stereocenters. The van der Waals surface area contributed by atoms with E-state index in [-0.39, 0.29) is 11.4 Å². The van der Waals surface area contributed by atoms with Crippen LogP contribution in [-0.2, 0) is 14.8 Å². The van der Waals surface area contributed by atoms with Crippen molar-refractivity contribution in [1.29, 1.82) is 0 Å². The second kappa shape index (κ2) is 5.91. The normalized spacial score (nSPS) is 20.7. The van der Waals surface area contributed by atoms with Gasteiger partial charge in [0.15, 0.2) is 0 Å². The number of sulfonamides is 1. The van der Waals surface area contributed by atoms with E-state index in [0.717, 1.165) is 4.88 Å². The average molecular weight is 349 g/mol. The molecule has 0 bridgehead atoms. The summed E-state index contributed by atoms with van der Waals surface area (Å²) in [5.41, 5.74) is -0.376. The minimum atomic E-state index is -3.60. The highest BCUT2D eigenvalue weighted by Crippen LogP contribution is 2.31. The number of thiophene rings is 1. The first-order valence-electron chi connectivity index (χ1n) is 6.59. The van der Waals surface area contributed by atoms with Gasteiger partial charge in [-0.25, -0.2) is 8.42 Å². The number of aryl methyl sites for hydroxylation is 1. The Balaban J connectivity index is 2.24. The van der Waals surface area contributed by atoms with Gasteiger partial charge >= 0.3 is 0 Å². The maximum Gasteiger partial charge on any atom is 0.254 e. The van der Waals surface area contributed by atoms with E-state index < -0.39 is 16.1 Å². The predicted molar refractivity (Wildman–Crippen MR) is 87.1 cm³/mol. The molecule has 0 radical (unpaired) electrons. The molecule has 1 saturated heterocycles. The van der Waals surface area contributed by atoms with Gasteiger partial charge in [-0.3, -0.25) is 4.79 Å². The molecule has 1 aromatic heterocycles. The predicted octanol–water partition coefficient (Wildman–Crippen LogP) is 2.03. The lowest BCUT2D eigenvalue weighted by Crippen LogP contribution is -2.52. The number of nitrogens with zero attached hydrogens (tertiary/aromatic N) is 1. The van der Waals surface area contributed by atoms with Crippen molar-refractivity contribution in [3.8, 4) is 0 Å². The fraction of sp³-hybridized carbons (Fsp3) is 0.615. The first-order chi connectivity index (χ1) is 9.61. The van der Waals surface area contributed by atoms with Crippen LogP contribution in [0.15, 0.2) is 16.3 Å². The second-order valence-corrected chi connectivity index (χ2v) is 10.4. The van der Waals surface area contributed by atoms with Crippen molar-refractivity contribution in [2.24, 2.45) is 0 Å². The Hall–Kier alpha value is -0.570. The maximum atomic E-state index is 12.7. The topological polar surface area (TPSA) is 66.5 Å². The number of amides is 1. The van der Waals surface area contributed by atoms with Gasteiger partial charge in [0.25, 0.3) is 10.0 Å². The lowest BCUT2D eigenvalue weighted by atomic mass is 10.1. The number of carbonyl (C=O) groups excluding carboxylic acids is 1. The van der Waals surface area contributed by atoms with Gasteiger partial charge in [-0.15, -0.1) is 23.1 Å². The first kappa shape index (κ1) is 16.8. The van der Waals surface area contributed by atoms with Crippen molar-refractivity contribution < 1.29 is 13.2 Å². The van der Waals surface area contributed by atoms with Crippen molar-refractivity contribution in [2.45, 2.75) is 43.5 Å². The molecule has 1 aliphatic rings. The molecule has 0 aliphatic carbocycles. The summed E-state index contributed by atoms with van der Waals surface area (Å²) >= 11 is 2.70. The Kier molecular flexibility index (Phi) is 4.72. The average Bonchev–Trinajstić information content (AvgIpc) is 2.94. The van der Waals surface area contributed by atoms with E-state index >= 15 is 0 Å². The van der Waals surface area contributed by atoms with E-state index in [0.29, 0.717) is 15.8 Å². The lowest BCUT2D eigenvalue weighted by molar-refractivity contribution is -0.125. The molecule has 5 nitrogen and oxygen atoms in total. The SMILES string of the molecule is Cc1ccc(S(=O)(=O)N2CSC[C@H]2C(=O)NC(C)(C)C)s1. The molecule has 1 N–H and O–H groups in total. The molecule has 0 saturated carbocycles. The lowest BCUT2D eigenvalue weighted by Gasteiger charge is -2.26. The Morgan fingerprint density at radius 2 is 2.05 bits per heavy atom. The number of hydrogen-bond donors (Lipinski definition) is 1. The van der Waals surface area contributed by atoms with Gasteiger partial charge < -0.3 is 5.32 Å². The minimum absolute atomic E-state index is 0.232. The third-order valence-corrected chi connectivity index (χ3v) is 7.42. The molecule has 2 heterocycles. The van der Waals surface area contributed by atoms with Gasteiger partial charge in [-0.2, -0.15) is 4.31 Å². The van der Waals surface area contributed by atoms with Gasteiger partial charge in [0, 0.05) is 16.2 Å². The van der Waals surface area contributed by atoms with Crippen LogP contribution >= 0.6 is 23.1 Å². The molecule has 0 spiro atoms. The number of nitrogens with one attached hydrogen (secondary N) is 1. The summed E-state index contributed by atoms with van der Waals surface area (Å²) in [6.45, 7) is 7.52. The number of rotatable bonds is 3. The highest BCUT2D eigenvalue weighted by atomic mass is 32.2. The molecule has 1 aromatic rings. The van der Waals surface area contributed by atoms with Crippen LogP contribution in [0.4, 0.5) is 0 Å². The van der Waals surface area contributed by atoms with Crippen molar-refractivity contribution in [1.82, 2.24) is 9.62 Å². The van der Waals surface area contributed by atoms with Gasteiger partial charge in [0.1, 0.15) is 10.3 Å². The van der Waals surface area contributed by atoms with Gasteiger partial charge in [-0.05, 0) is 39.8 Å². The zero-order valence-electron chi connectivity index (χ0n) is 12.5. The second-order valence-electron chi connectivity index (χ2n) is 6.01. The van der Waals surface area contributed by atoms with Crippen LogP contribution in [0.25, 0.3) is 0 Å². The van der Waals surface area contributed by atoms with Crippen LogP contribution in [-0.4, -0.2) is 41.8 Å². The highest BCUT2D eigenvalue weighted by Gasteiger charge is 2.41. The summed E-state index contributed by atoms with van der Waals surface area (Å²) in [5, 5.41) is 2.86. The summed E-state index contributed by atoms with van der Waals surface area (Å²) < 4.78 is 27.0. The first-order valence-corrected chi connectivity index (χ1v) is 10.0. The van der Waals surface area contributed by atoms with Crippen molar-refractivity contribution in [3.05, 3.63) is 17.0 Å². The molecule has 8 heteroatoms. The molecule has 1 fully saturated rings. The van der Waals surface area contributed by atoms with Gasteiger partial charge in [-0.1, -0.05) is 0 Å². The quantitative estimate of drug-likeness (QED) is 0.908. The Morgan fingerprint density at radius 1 is 1.38 bits per heavy atom. The van der Waals surface area contributed by atoms with Crippen molar-refractivity contribution in [2.75, 3.05) is 11.6 Å². The fourth-order valence-electron chi connectivity index (χ4n) is 1.99. The third kappa shape index (κ3) is 3.80. The summed E-state index contributed by atoms with van der Waals surface area (Å²) in [6.07, 6.45) is 0. The smallest absolute Gasteiger partial charge is 0.254 e. The van der Waals surface area contributed by atoms with Crippen molar-refractivity contribution in [3.63, 3.8) is 0 Å². The van der Waals surface area contributed by atoms with Crippen LogP contribution in [0.3, 0.4) is 0 Å². The van der Waals surface area contributed by atoms with Crippen LogP contribution in [0, 0.1) is 6.92 Å². The molecule has 1 amide bonds. The summed E-state index contributed by atoms with van der Waals surface area (Å²) in [5.74, 6) is 0.580. The Morgan fingerprint density at radius 3 is 2.57 bits per heavy atom. The van der Waals surface area contributed by atoms with Gasteiger partial charge in [0.05, 0.1) is 5.88 Å². The Bertz CT molecular complexity index is 631. The summed E-state index contributed by atoms with van der Waals surface area (Å²) in [7, 11) is -3.60. The molecular weight excluding hydrogens is 328 g/mol.